The Morgan fingerprint density at radius 1 is 1.60 bits per heavy atom. The molecule has 1 saturated heterocycles. The average molecular weight is 207 g/mol. The second kappa shape index (κ2) is 5.24. The van der Waals surface area contributed by atoms with Gasteiger partial charge in [-0.25, -0.2) is 0 Å². The van der Waals surface area contributed by atoms with Crippen molar-refractivity contribution in [1.82, 2.24) is 9.88 Å². The fraction of sp³-hybridized carbons (Fsp3) is 0.583. The molecular formula is C12H21N3. The van der Waals surface area contributed by atoms with Gasteiger partial charge in [0.05, 0.1) is 0 Å². The monoisotopic (exact) mass is 207 g/mol. The number of nitrogens with zero attached hydrogens (tertiary/aromatic N) is 2. The van der Waals surface area contributed by atoms with Gasteiger partial charge in [-0.3, -0.25) is 9.88 Å². The van der Waals surface area contributed by atoms with Crippen molar-refractivity contribution in [1.29, 1.82) is 0 Å². The Morgan fingerprint density at radius 2 is 2.40 bits per heavy atom. The van der Waals surface area contributed by atoms with Crippen LogP contribution in [0.4, 0.5) is 0 Å². The van der Waals surface area contributed by atoms with Crippen LogP contribution < -0.4 is 5.73 Å². The van der Waals surface area contributed by atoms with Crippen LogP contribution in [0.25, 0.3) is 0 Å². The molecule has 0 saturated carbocycles. The third-order valence-electron chi connectivity index (χ3n) is 3.10. The van der Waals surface area contributed by atoms with Crippen LogP contribution in [0.15, 0.2) is 24.5 Å². The SMILES string of the molecule is C.CN1CC[C@H](CN)C1c1cccnc1. The molecule has 0 aliphatic carbocycles. The van der Waals surface area contributed by atoms with Crippen molar-refractivity contribution in [2.24, 2.45) is 11.7 Å². The first kappa shape index (κ1) is 12.1. The molecule has 2 atom stereocenters. The molecule has 0 bridgehead atoms. The minimum atomic E-state index is 0. The topological polar surface area (TPSA) is 42.1 Å². The molecule has 0 spiro atoms. The van der Waals surface area contributed by atoms with E-state index in [1.165, 1.54) is 12.0 Å². The van der Waals surface area contributed by atoms with E-state index in [0.29, 0.717) is 12.0 Å². The predicted molar refractivity (Wildman–Crippen MR) is 63.5 cm³/mol. The number of nitrogens with two attached hydrogens (primary N) is 1. The Balaban J connectivity index is 0.00000112. The number of hydrogen-bond donors (Lipinski definition) is 1. The fourth-order valence-corrected chi connectivity index (χ4v) is 2.35. The number of hydrogen-bond acceptors (Lipinski definition) is 3. The van der Waals surface area contributed by atoms with Gasteiger partial charge < -0.3 is 5.73 Å². The van der Waals surface area contributed by atoms with Crippen LogP contribution in [0, 0.1) is 5.92 Å². The molecule has 0 radical (unpaired) electrons. The highest BCUT2D eigenvalue weighted by Gasteiger charge is 2.31. The fourth-order valence-electron chi connectivity index (χ4n) is 2.35. The molecule has 1 fully saturated rings. The Kier molecular flexibility index (Phi) is 4.24. The maximum absolute atomic E-state index is 5.78. The smallest absolute Gasteiger partial charge is 0.0400 e. The summed E-state index contributed by atoms with van der Waals surface area (Å²) in [6.07, 6.45) is 4.97. The lowest BCUT2D eigenvalue weighted by Gasteiger charge is -2.24. The first-order valence-corrected chi connectivity index (χ1v) is 5.13. The number of rotatable bonds is 2. The lowest BCUT2D eigenvalue weighted by Crippen LogP contribution is -2.25. The van der Waals surface area contributed by atoms with Crippen molar-refractivity contribution >= 4 is 0 Å². The minimum Gasteiger partial charge on any atom is -0.330 e. The van der Waals surface area contributed by atoms with E-state index < -0.39 is 0 Å². The quantitative estimate of drug-likeness (QED) is 0.802. The van der Waals surface area contributed by atoms with Crippen molar-refractivity contribution in [3.8, 4) is 0 Å². The second-order valence-corrected chi connectivity index (χ2v) is 4.00. The molecule has 1 unspecified atom stereocenters. The molecule has 84 valence electrons. The van der Waals surface area contributed by atoms with Crippen molar-refractivity contribution in [3.05, 3.63) is 30.1 Å². The zero-order valence-electron chi connectivity index (χ0n) is 8.56. The summed E-state index contributed by atoms with van der Waals surface area (Å²) in [5.41, 5.74) is 7.07. The first-order valence-electron chi connectivity index (χ1n) is 5.13. The van der Waals surface area contributed by atoms with Gasteiger partial charge in [0.2, 0.25) is 0 Å². The summed E-state index contributed by atoms with van der Waals surface area (Å²) >= 11 is 0. The Morgan fingerprint density at radius 3 is 3.00 bits per heavy atom. The molecule has 0 aromatic carbocycles. The molecule has 1 aliphatic rings. The number of pyridine rings is 1. The summed E-state index contributed by atoms with van der Waals surface area (Å²) in [7, 11) is 2.16. The highest BCUT2D eigenvalue weighted by atomic mass is 15.2. The van der Waals surface area contributed by atoms with E-state index in [0.717, 1.165) is 13.1 Å². The van der Waals surface area contributed by atoms with Gasteiger partial charge in [0.15, 0.2) is 0 Å². The van der Waals surface area contributed by atoms with Crippen molar-refractivity contribution in [3.63, 3.8) is 0 Å². The molecule has 3 nitrogen and oxygen atoms in total. The third-order valence-corrected chi connectivity index (χ3v) is 3.10. The zero-order chi connectivity index (χ0) is 9.97. The van der Waals surface area contributed by atoms with Gasteiger partial charge in [0.25, 0.3) is 0 Å². The molecular weight excluding hydrogens is 186 g/mol. The summed E-state index contributed by atoms with van der Waals surface area (Å²) < 4.78 is 0. The first-order chi connectivity index (χ1) is 6.83. The molecule has 2 rings (SSSR count). The highest BCUT2D eigenvalue weighted by molar-refractivity contribution is 5.16. The van der Waals surface area contributed by atoms with E-state index in [4.69, 9.17) is 5.73 Å². The van der Waals surface area contributed by atoms with Crippen LogP contribution in [0.5, 0.6) is 0 Å². The van der Waals surface area contributed by atoms with Crippen molar-refractivity contribution < 1.29 is 0 Å². The van der Waals surface area contributed by atoms with E-state index in [-0.39, 0.29) is 7.43 Å². The molecule has 1 aliphatic heterocycles. The summed E-state index contributed by atoms with van der Waals surface area (Å²) in [5.74, 6) is 0.587. The standard InChI is InChI=1S/C11H17N3.CH4/c1-14-6-4-9(7-12)11(14)10-3-2-5-13-8-10;/h2-3,5,8-9,11H,4,6-7,12H2,1H3;1H4/t9-,11?;/m1./s1. The van der Waals surface area contributed by atoms with Crippen LogP contribution in [0.2, 0.25) is 0 Å². The number of aromatic nitrogens is 1. The van der Waals surface area contributed by atoms with E-state index in [2.05, 4.69) is 23.0 Å². The molecule has 0 amide bonds. The summed E-state index contributed by atoms with van der Waals surface area (Å²) in [4.78, 5) is 6.53. The highest BCUT2D eigenvalue weighted by Crippen LogP contribution is 2.34. The van der Waals surface area contributed by atoms with Crippen LogP contribution in [-0.2, 0) is 0 Å². The average Bonchev–Trinajstić information content (AvgIpc) is 2.61. The van der Waals surface area contributed by atoms with Gasteiger partial charge in [0, 0.05) is 18.4 Å². The second-order valence-electron chi connectivity index (χ2n) is 4.00. The summed E-state index contributed by atoms with van der Waals surface area (Å²) in [5, 5.41) is 0. The Labute approximate surface area is 92.3 Å². The van der Waals surface area contributed by atoms with Gasteiger partial charge >= 0.3 is 0 Å². The molecule has 2 N–H and O–H groups in total. The normalized spacial score (nSPS) is 26.3. The Hall–Kier alpha value is -0.930. The largest absolute Gasteiger partial charge is 0.330 e. The van der Waals surface area contributed by atoms with E-state index in [9.17, 15) is 0 Å². The van der Waals surface area contributed by atoms with E-state index >= 15 is 0 Å². The minimum absolute atomic E-state index is 0. The van der Waals surface area contributed by atoms with Crippen LogP contribution in [-0.4, -0.2) is 30.0 Å². The molecule has 15 heavy (non-hydrogen) atoms. The zero-order valence-corrected chi connectivity index (χ0v) is 8.56. The van der Waals surface area contributed by atoms with E-state index in [1.54, 1.807) is 0 Å². The molecule has 1 aromatic heterocycles. The van der Waals surface area contributed by atoms with Crippen molar-refractivity contribution in [2.45, 2.75) is 19.9 Å². The maximum Gasteiger partial charge on any atom is 0.0400 e. The van der Waals surface area contributed by atoms with Crippen LogP contribution in [0.3, 0.4) is 0 Å². The number of likely N-dealkylation sites (tertiary alicyclic amines) is 1. The van der Waals surface area contributed by atoms with Crippen LogP contribution >= 0.6 is 0 Å². The Bertz CT molecular complexity index is 286. The van der Waals surface area contributed by atoms with Gasteiger partial charge in [0.1, 0.15) is 0 Å². The predicted octanol–water partition coefficient (Wildman–Crippen LogP) is 1.67. The van der Waals surface area contributed by atoms with E-state index in [1.807, 2.05) is 18.5 Å². The molecule has 1 aromatic rings. The third kappa shape index (κ3) is 2.36. The maximum atomic E-state index is 5.78. The van der Waals surface area contributed by atoms with Gasteiger partial charge in [-0.1, -0.05) is 13.5 Å². The summed E-state index contributed by atoms with van der Waals surface area (Å²) in [6, 6.07) is 4.60. The summed E-state index contributed by atoms with van der Waals surface area (Å²) in [6.45, 7) is 1.91. The molecule has 3 heteroatoms. The lowest BCUT2D eigenvalue weighted by atomic mass is 9.95. The molecule has 2 heterocycles. The van der Waals surface area contributed by atoms with Gasteiger partial charge in [-0.2, -0.15) is 0 Å². The van der Waals surface area contributed by atoms with Gasteiger partial charge in [-0.15, -0.1) is 0 Å². The van der Waals surface area contributed by atoms with Crippen molar-refractivity contribution in [2.75, 3.05) is 20.1 Å². The van der Waals surface area contributed by atoms with Gasteiger partial charge in [-0.05, 0) is 44.1 Å². The van der Waals surface area contributed by atoms with Crippen LogP contribution in [0.1, 0.15) is 25.5 Å². The lowest BCUT2D eigenvalue weighted by molar-refractivity contribution is 0.279.